The maximum absolute atomic E-state index is 6.78. The molecule has 0 spiro atoms. The van der Waals surface area contributed by atoms with Crippen molar-refractivity contribution in [3.05, 3.63) is 157 Å². The number of hydrogen-bond donors (Lipinski definition) is 0. The predicted molar refractivity (Wildman–Crippen MR) is 202 cm³/mol. The highest BCUT2D eigenvalue weighted by molar-refractivity contribution is 6.10. The molecule has 49 heavy (non-hydrogen) atoms. The van der Waals surface area contributed by atoms with E-state index in [0.717, 1.165) is 66.8 Å². The molecule has 9 rings (SSSR count). The lowest BCUT2D eigenvalue weighted by molar-refractivity contribution is 0.588. The third-order valence-electron chi connectivity index (χ3n) is 9.46. The molecule has 4 aromatic heterocycles. The van der Waals surface area contributed by atoms with Crippen molar-refractivity contribution < 1.29 is 4.42 Å². The summed E-state index contributed by atoms with van der Waals surface area (Å²) in [6, 6.07) is 48.9. The van der Waals surface area contributed by atoms with Crippen LogP contribution in [-0.2, 0) is 5.41 Å². The van der Waals surface area contributed by atoms with E-state index in [-0.39, 0.29) is 5.41 Å². The van der Waals surface area contributed by atoms with Crippen LogP contribution in [0.1, 0.15) is 26.3 Å². The summed E-state index contributed by atoms with van der Waals surface area (Å²) in [5, 5.41) is 4.50. The summed E-state index contributed by atoms with van der Waals surface area (Å²) in [5.41, 5.74) is 9.94. The normalized spacial score (nSPS) is 12.0. The van der Waals surface area contributed by atoms with Crippen molar-refractivity contribution in [2.75, 3.05) is 0 Å². The van der Waals surface area contributed by atoms with E-state index in [0.29, 0.717) is 0 Å². The Kier molecular flexibility index (Phi) is 6.63. The largest absolute Gasteiger partial charge is 0.455 e. The van der Waals surface area contributed by atoms with Crippen LogP contribution in [0.3, 0.4) is 0 Å². The van der Waals surface area contributed by atoms with Gasteiger partial charge in [0.05, 0.1) is 27.8 Å². The molecule has 5 nitrogen and oxygen atoms in total. The number of aromatic nitrogens is 4. The van der Waals surface area contributed by atoms with E-state index in [4.69, 9.17) is 9.40 Å². The van der Waals surface area contributed by atoms with E-state index in [1.807, 2.05) is 42.7 Å². The van der Waals surface area contributed by atoms with Gasteiger partial charge in [-0.25, -0.2) is 4.98 Å². The van der Waals surface area contributed by atoms with Crippen LogP contribution in [0.5, 0.6) is 0 Å². The number of hydrogen-bond acceptors (Lipinski definition) is 3. The van der Waals surface area contributed by atoms with Gasteiger partial charge in [-0.15, -0.1) is 0 Å². The molecule has 0 atom stereocenters. The summed E-state index contributed by atoms with van der Waals surface area (Å²) in [4.78, 5) is 9.61. The first-order chi connectivity index (χ1) is 23.9. The fraction of sp³-hybridized carbons (Fsp3) is 0.0909. The van der Waals surface area contributed by atoms with Crippen molar-refractivity contribution >= 4 is 54.8 Å². The Balaban J connectivity index is 1.43. The van der Waals surface area contributed by atoms with Crippen molar-refractivity contribution in [3.63, 3.8) is 0 Å². The zero-order valence-corrected chi connectivity index (χ0v) is 27.6. The SMILES string of the molecule is CC(C)(C)c1ccnc(-n2c3ccccc3c3ccc(-n4c5cc(-c6ccccn6)ccc5oc5ccccc5c5ccccc54)cc32)c1. The molecule has 4 heterocycles. The standard InChI is InChI=1S/C44H34N4O/c1-44(2,3)30-23-25-46-43(27-30)48-38-17-8-4-12-32(38)34-21-20-31(28-39(34)48)47-37-16-7-5-13-33(37)35-14-6-9-18-41(35)49-42-22-19-29(26-40(42)47)36-15-10-11-24-45-36/h4-28H,1-3H3. The van der Waals surface area contributed by atoms with E-state index in [2.05, 4.69) is 144 Å². The van der Waals surface area contributed by atoms with E-state index in [1.54, 1.807) is 0 Å². The van der Waals surface area contributed by atoms with Crippen LogP contribution in [-0.4, -0.2) is 19.1 Å². The number of rotatable bonds is 3. The zero-order chi connectivity index (χ0) is 33.1. The molecule has 0 bridgehead atoms. The maximum atomic E-state index is 6.78. The number of para-hydroxylation sites is 3. The third-order valence-corrected chi connectivity index (χ3v) is 9.46. The van der Waals surface area contributed by atoms with Crippen LogP contribution in [0.4, 0.5) is 0 Å². The smallest absolute Gasteiger partial charge is 0.151 e. The summed E-state index contributed by atoms with van der Waals surface area (Å²) < 4.78 is 11.4. The van der Waals surface area contributed by atoms with Gasteiger partial charge in [-0.3, -0.25) is 9.55 Å². The minimum absolute atomic E-state index is 0.0127. The average Bonchev–Trinajstić information content (AvgIpc) is 3.46. The molecule has 0 radical (unpaired) electrons. The first-order valence-electron chi connectivity index (χ1n) is 16.7. The Bertz CT molecular complexity index is 2760. The first kappa shape index (κ1) is 29.0. The van der Waals surface area contributed by atoms with Crippen molar-refractivity contribution in [2.45, 2.75) is 26.2 Å². The summed E-state index contributed by atoms with van der Waals surface area (Å²) in [6.45, 7) is 6.73. The van der Waals surface area contributed by atoms with Gasteiger partial charge >= 0.3 is 0 Å². The first-order valence-corrected chi connectivity index (χ1v) is 16.7. The van der Waals surface area contributed by atoms with Gasteiger partial charge in [-0.05, 0) is 83.8 Å². The van der Waals surface area contributed by atoms with Gasteiger partial charge in [0.2, 0.25) is 0 Å². The van der Waals surface area contributed by atoms with Crippen LogP contribution in [0, 0.1) is 0 Å². The minimum Gasteiger partial charge on any atom is -0.455 e. The van der Waals surface area contributed by atoms with E-state index in [9.17, 15) is 0 Å². The molecule has 0 aliphatic rings. The molecule has 0 saturated heterocycles. The number of pyridine rings is 2. The van der Waals surface area contributed by atoms with Gasteiger partial charge in [-0.2, -0.15) is 0 Å². The van der Waals surface area contributed by atoms with Crippen LogP contribution >= 0.6 is 0 Å². The molecule has 0 saturated carbocycles. The molecular formula is C44H34N4O. The van der Waals surface area contributed by atoms with Gasteiger partial charge < -0.3 is 8.98 Å². The molecular weight excluding hydrogens is 601 g/mol. The molecule has 9 aromatic rings. The summed E-state index contributed by atoms with van der Waals surface area (Å²) >= 11 is 0. The molecule has 236 valence electrons. The molecule has 5 heteroatoms. The Morgan fingerprint density at radius 2 is 1.18 bits per heavy atom. The topological polar surface area (TPSA) is 48.8 Å². The molecule has 0 aliphatic heterocycles. The Hall–Kier alpha value is -6.20. The Labute approximate surface area is 284 Å². The van der Waals surface area contributed by atoms with E-state index in [1.165, 1.54) is 16.3 Å². The number of nitrogens with zero attached hydrogens (tertiary/aromatic N) is 4. The molecule has 0 N–H and O–H groups in total. The van der Waals surface area contributed by atoms with Crippen LogP contribution in [0.2, 0.25) is 0 Å². The summed E-state index contributed by atoms with van der Waals surface area (Å²) in [7, 11) is 0. The van der Waals surface area contributed by atoms with Gasteiger partial charge in [0.15, 0.2) is 5.58 Å². The zero-order valence-electron chi connectivity index (χ0n) is 27.6. The summed E-state index contributed by atoms with van der Waals surface area (Å²) in [6.07, 6.45) is 3.76. The van der Waals surface area contributed by atoms with Crippen LogP contribution < -0.4 is 0 Å². The second kappa shape index (κ2) is 11.2. The highest BCUT2D eigenvalue weighted by atomic mass is 16.3. The predicted octanol–water partition coefficient (Wildman–Crippen LogP) is 11.5. The lowest BCUT2D eigenvalue weighted by Crippen LogP contribution is -2.12. The van der Waals surface area contributed by atoms with Gasteiger partial charge in [0.25, 0.3) is 0 Å². The van der Waals surface area contributed by atoms with Crippen molar-refractivity contribution in [2.24, 2.45) is 0 Å². The van der Waals surface area contributed by atoms with Gasteiger partial charge in [0, 0.05) is 45.2 Å². The Morgan fingerprint density at radius 1 is 0.490 bits per heavy atom. The quantitative estimate of drug-likeness (QED) is 0.194. The van der Waals surface area contributed by atoms with Crippen LogP contribution in [0.15, 0.2) is 156 Å². The molecule has 0 amide bonds. The number of fused-ring (bicyclic) bond motifs is 7. The van der Waals surface area contributed by atoms with Crippen molar-refractivity contribution in [3.8, 4) is 22.8 Å². The molecule has 5 aromatic carbocycles. The van der Waals surface area contributed by atoms with Crippen molar-refractivity contribution in [1.29, 1.82) is 0 Å². The maximum Gasteiger partial charge on any atom is 0.151 e. The van der Waals surface area contributed by atoms with E-state index < -0.39 is 0 Å². The fourth-order valence-electron chi connectivity index (χ4n) is 7.02. The second-order valence-electron chi connectivity index (χ2n) is 13.6. The lowest BCUT2D eigenvalue weighted by atomic mass is 9.88. The Morgan fingerprint density at radius 3 is 1.96 bits per heavy atom. The third kappa shape index (κ3) is 4.85. The monoisotopic (exact) mass is 634 g/mol. The van der Waals surface area contributed by atoms with Crippen molar-refractivity contribution in [1.82, 2.24) is 19.1 Å². The van der Waals surface area contributed by atoms with Gasteiger partial charge in [-0.1, -0.05) is 87.5 Å². The highest BCUT2D eigenvalue weighted by Crippen LogP contribution is 2.37. The van der Waals surface area contributed by atoms with Gasteiger partial charge in [0.1, 0.15) is 11.4 Å². The summed E-state index contributed by atoms with van der Waals surface area (Å²) in [5.74, 6) is 0.902. The number of benzene rings is 5. The molecule has 0 unspecified atom stereocenters. The molecule has 0 fully saturated rings. The second-order valence-corrected chi connectivity index (χ2v) is 13.6. The average molecular weight is 635 g/mol. The van der Waals surface area contributed by atoms with E-state index >= 15 is 0 Å². The van der Waals surface area contributed by atoms with Crippen LogP contribution in [0.25, 0.3) is 77.5 Å². The minimum atomic E-state index is -0.0127. The fourth-order valence-corrected chi connectivity index (χ4v) is 7.02. The lowest BCUT2D eigenvalue weighted by Gasteiger charge is -2.20. The molecule has 0 aliphatic carbocycles. The highest BCUT2D eigenvalue weighted by Gasteiger charge is 2.19.